The van der Waals surface area contributed by atoms with E-state index in [0.29, 0.717) is 12.3 Å². The molecule has 78 valence electrons. The van der Waals surface area contributed by atoms with Crippen LogP contribution >= 0.6 is 15.9 Å². The minimum Gasteiger partial charge on any atom is -0.454 e. The molecule has 0 saturated carbocycles. The molecule has 15 heavy (non-hydrogen) atoms. The number of aryl methyl sites for hydroxylation is 1. The molecule has 1 aliphatic heterocycles. The first-order chi connectivity index (χ1) is 7.24. The maximum Gasteiger partial charge on any atom is 0.235 e. The largest absolute Gasteiger partial charge is 0.454 e. The smallest absolute Gasteiger partial charge is 0.235 e. The van der Waals surface area contributed by atoms with E-state index in [4.69, 9.17) is 9.47 Å². The SMILES string of the molecule is Cc1cc2c(c(Br)c1CN=C=O)OCO2. The third kappa shape index (κ3) is 1.76. The molecule has 1 aromatic carbocycles. The summed E-state index contributed by atoms with van der Waals surface area (Å²) in [5.41, 5.74) is 1.92. The second kappa shape index (κ2) is 4.04. The van der Waals surface area contributed by atoms with Crippen molar-refractivity contribution in [3.63, 3.8) is 0 Å². The molecule has 5 heteroatoms. The number of aliphatic imine (C=N–C) groups is 1. The van der Waals surface area contributed by atoms with Crippen molar-refractivity contribution in [1.82, 2.24) is 0 Å². The zero-order valence-electron chi connectivity index (χ0n) is 8.04. The molecule has 2 rings (SSSR count). The lowest BCUT2D eigenvalue weighted by Gasteiger charge is -2.08. The Labute approximate surface area is 95.0 Å². The first-order valence-corrected chi connectivity index (χ1v) is 5.14. The summed E-state index contributed by atoms with van der Waals surface area (Å²) in [4.78, 5) is 13.6. The van der Waals surface area contributed by atoms with E-state index in [1.807, 2.05) is 13.0 Å². The molecule has 1 aromatic rings. The molecule has 1 aliphatic rings. The predicted octanol–water partition coefficient (Wildman–Crippen LogP) is 2.32. The van der Waals surface area contributed by atoms with Crippen molar-refractivity contribution in [2.75, 3.05) is 6.79 Å². The number of fused-ring (bicyclic) bond motifs is 1. The monoisotopic (exact) mass is 269 g/mol. The highest BCUT2D eigenvalue weighted by molar-refractivity contribution is 9.10. The van der Waals surface area contributed by atoms with Crippen molar-refractivity contribution in [2.45, 2.75) is 13.5 Å². The summed E-state index contributed by atoms with van der Waals surface area (Å²) in [6, 6.07) is 1.88. The highest BCUT2D eigenvalue weighted by atomic mass is 79.9. The molecule has 0 N–H and O–H groups in total. The van der Waals surface area contributed by atoms with E-state index in [2.05, 4.69) is 20.9 Å². The molecule has 4 nitrogen and oxygen atoms in total. The van der Waals surface area contributed by atoms with Gasteiger partial charge in [-0.1, -0.05) is 0 Å². The first-order valence-electron chi connectivity index (χ1n) is 4.35. The second-order valence-electron chi connectivity index (χ2n) is 3.13. The highest BCUT2D eigenvalue weighted by Crippen LogP contribution is 2.42. The number of rotatable bonds is 2. The molecule has 0 spiro atoms. The molecule has 0 bridgehead atoms. The molecule has 0 unspecified atom stereocenters. The summed E-state index contributed by atoms with van der Waals surface area (Å²) in [7, 11) is 0. The summed E-state index contributed by atoms with van der Waals surface area (Å²) in [5.74, 6) is 1.40. The maximum atomic E-state index is 10.1. The number of ether oxygens (including phenoxy) is 2. The molecule has 0 aromatic heterocycles. The zero-order valence-corrected chi connectivity index (χ0v) is 9.63. The Morgan fingerprint density at radius 2 is 2.40 bits per heavy atom. The fourth-order valence-corrected chi connectivity index (χ4v) is 2.21. The van der Waals surface area contributed by atoms with Crippen molar-refractivity contribution in [1.29, 1.82) is 0 Å². The number of carbonyl (C=O) groups excluding carboxylic acids is 1. The van der Waals surface area contributed by atoms with Gasteiger partial charge in [-0.05, 0) is 40.0 Å². The van der Waals surface area contributed by atoms with Crippen LogP contribution in [0, 0.1) is 6.92 Å². The second-order valence-corrected chi connectivity index (χ2v) is 3.92. The van der Waals surface area contributed by atoms with Crippen molar-refractivity contribution < 1.29 is 14.3 Å². The number of hydrogen-bond acceptors (Lipinski definition) is 4. The summed E-state index contributed by atoms with van der Waals surface area (Å²) in [6.45, 7) is 2.46. The Morgan fingerprint density at radius 1 is 1.60 bits per heavy atom. The molecule has 0 atom stereocenters. The van der Waals surface area contributed by atoms with Crippen LogP contribution in [0.3, 0.4) is 0 Å². The van der Waals surface area contributed by atoms with Crippen LogP contribution in [0.15, 0.2) is 15.5 Å². The van der Waals surface area contributed by atoms with Gasteiger partial charge in [0.25, 0.3) is 0 Å². The predicted molar refractivity (Wildman–Crippen MR) is 56.8 cm³/mol. The van der Waals surface area contributed by atoms with Crippen molar-refractivity contribution in [2.24, 2.45) is 4.99 Å². The Bertz CT molecular complexity index is 452. The molecule has 0 saturated heterocycles. The van der Waals surface area contributed by atoms with Gasteiger partial charge in [0.05, 0.1) is 11.0 Å². The molecule has 0 fully saturated rings. The van der Waals surface area contributed by atoms with Gasteiger partial charge in [-0.3, -0.25) is 0 Å². The van der Waals surface area contributed by atoms with Crippen LogP contribution in [0.5, 0.6) is 11.5 Å². The average molecular weight is 270 g/mol. The molecular weight excluding hydrogens is 262 g/mol. The van der Waals surface area contributed by atoms with Gasteiger partial charge in [0, 0.05) is 0 Å². The zero-order chi connectivity index (χ0) is 10.8. The number of benzene rings is 1. The third-order valence-electron chi connectivity index (χ3n) is 2.23. The third-order valence-corrected chi connectivity index (χ3v) is 3.07. The molecule has 1 heterocycles. The quantitative estimate of drug-likeness (QED) is 0.612. The van der Waals surface area contributed by atoms with Crippen molar-refractivity contribution in [3.8, 4) is 11.5 Å². The number of nitrogens with zero attached hydrogens (tertiary/aromatic N) is 1. The normalized spacial score (nSPS) is 12.4. The lowest BCUT2D eigenvalue weighted by molar-refractivity contribution is 0.173. The Hall–Kier alpha value is -1.32. The van der Waals surface area contributed by atoms with Crippen LogP contribution in [0.25, 0.3) is 0 Å². The lowest BCUT2D eigenvalue weighted by Crippen LogP contribution is -1.93. The fourth-order valence-electron chi connectivity index (χ4n) is 1.47. The minimum atomic E-state index is 0.230. The van der Waals surface area contributed by atoms with Crippen molar-refractivity contribution in [3.05, 3.63) is 21.7 Å². The summed E-state index contributed by atoms with van der Waals surface area (Å²) < 4.78 is 11.4. The Kier molecular flexibility index (Phi) is 2.75. The van der Waals surface area contributed by atoms with E-state index in [1.165, 1.54) is 6.08 Å². The molecule has 0 amide bonds. The van der Waals surface area contributed by atoms with Crippen LogP contribution in [-0.4, -0.2) is 12.9 Å². The van der Waals surface area contributed by atoms with E-state index < -0.39 is 0 Å². The van der Waals surface area contributed by atoms with E-state index in [9.17, 15) is 4.79 Å². The van der Waals surface area contributed by atoms with Crippen molar-refractivity contribution >= 4 is 22.0 Å². The van der Waals surface area contributed by atoms with Gasteiger partial charge in [0.15, 0.2) is 11.5 Å². The molecular formula is C10H8BrNO3. The van der Waals surface area contributed by atoms with Gasteiger partial charge >= 0.3 is 0 Å². The highest BCUT2D eigenvalue weighted by Gasteiger charge is 2.21. The lowest BCUT2D eigenvalue weighted by atomic mass is 10.1. The molecule has 0 aliphatic carbocycles. The summed E-state index contributed by atoms with van der Waals surface area (Å²) >= 11 is 3.42. The summed E-state index contributed by atoms with van der Waals surface area (Å²) in [5, 5.41) is 0. The molecule has 0 radical (unpaired) electrons. The Morgan fingerprint density at radius 3 is 3.13 bits per heavy atom. The van der Waals surface area contributed by atoms with Gasteiger partial charge in [-0.25, -0.2) is 9.79 Å². The minimum absolute atomic E-state index is 0.230. The maximum absolute atomic E-state index is 10.1. The van der Waals surface area contributed by atoms with Crippen LogP contribution in [0.1, 0.15) is 11.1 Å². The van der Waals surface area contributed by atoms with Gasteiger partial charge in [-0.15, -0.1) is 0 Å². The van der Waals surface area contributed by atoms with Crippen LogP contribution in [0.4, 0.5) is 0 Å². The number of isocyanates is 1. The van der Waals surface area contributed by atoms with E-state index in [-0.39, 0.29) is 6.79 Å². The summed E-state index contributed by atoms with van der Waals surface area (Å²) in [6.07, 6.45) is 1.52. The van der Waals surface area contributed by atoms with Gasteiger partial charge in [0.1, 0.15) is 0 Å². The fraction of sp³-hybridized carbons (Fsp3) is 0.300. The van der Waals surface area contributed by atoms with Crippen LogP contribution in [0.2, 0.25) is 0 Å². The van der Waals surface area contributed by atoms with Crippen LogP contribution in [-0.2, 0) is 11.3 Å². The van der Waals surface area contributed by atoms with Gasteiger partial charge in [-0.2, -0.15) is 0 Å². The van der Waals surface area contributed by atoms with E-state index >= 15 is 0 Å². The number of halogens is 1. The van der Waals surface area contributed by atoms with Gasteiger partial charge in [0.2, 0.25) is 12.9 Å². The number of hydrogen-bond donors (Lipinski definition) is 0. The van der Waals surface area contributed by atoms with Gasteiger partial charge < -0.3 is 9.47 Å². The van der Waals surface area contributed by atoms with Crippen LogP contribution < -0.4 is 9.47 Å². The topological polar surface area (TPSA) is 47.9 Å². The first kappa shape index (κ1) is 10.2. The van der Waals surface area contributed by atoms with E-state index in [1.54, 1.807) is 0 Å². The standard InChI is InChI=1S/C10H8BrNO3/c1-6-2-8-10(15-5-14-8)9(11)7(6)3-12-4-13/h2H,3,5H2,1H3. The Balaban J connectivity index is 2.50. The van der Waals surface area contributed by atoms with E-state index in [0.717, 1.165) is 21.3 Å². The average Bonchev–Trinajstić information content (AvgIpc) is 2.65.